The third kappa shape index (κ3) is 6.25. The summed E-state index contributed by atoms with van der Waals surface area (Å²) < 4.78 is 0. The topological polar surface area (TPSA) is 171 Å². The Kier molecular flexibility index (Phi) is 8.52. The van der Waals surface area contributed by atoms with E-state index in [1.807, 2.05) is 6.07 Å². The molecule has 10 nitrogen and oxygen atoms in total. The molecule has 0 radical (unpaired) electrons. The van der Waals surface area contributed by atoms with Crippen LogP contribution < -0.4 is 16.8 Å². The molecule has 1 fully saturated rings. The molecule has 2 rings (SSSR count). The molecule has 1 saturated heterocycles. The van der Waals surface area contributed by atoms with E-state index in [1.54, 1.807) is 31.2 Å². The minimum absolute atomic E-state index is 0.00729. The molecule has 0 saturated carbocycles. The molecule has 0 bridgehead atoms. The van der Waals surface area contributed by atoms with Crippen molar-refractivity contribution in [1.29, 1.82) is 0 Å². The van der Waals surface area contributed by atoms with Crippen molar-refractivity contribution in [2.75, 3.05) is 6.54 Å². The van der Waals surface area contributed by atoms with Crippen molar-refractivity contribution in [1.82, 2.24) is 10.2 Å². The molecule has 2 unspecified atom stereocenters. The van der Waals surface area contributed by atoms with Gasteiger partial charge in [0.1, 0.15) is 6.29 Å². The molecular formula is C21H31N5O5. The van der Waals surface area contributed by atoms with Crippen LogP contribution in [-0.2, 0) is 15.1 Å². The predicted octanol–water partition coefficient (Wildman–Crippen LogP) is 0.533. The number of hydrogen-bond donors (Lipinski definition) is 5. The van der Waals surface area contributed by atoms with Gasteiger partial charge in [-0.3, -0.25) is 4.79 Å². The average Bonchev–Trinajstić information content (AvgIpc) is 3.25. The Morgan fingerprint density at radius 3 is 2.52 bits per heavy atom. The standard InChI is InChI=1S/C21H31N5O5/c1-14(28)12-21(25-19(22)23,15-6-3-2-4-7-15)10-9-16(13-27)26(20(30)31)18(29)17-8-5-11-24-17/h2-4,6-7,13-14,16-17,24,28H,5,8-12H2,1H3,(H,30,31)(H4,22,23,25)/t14?,16-,17-,21?/m0/s1. The fourth-order valence-corrected chi connectivity index (χ4v) is 4.12. The van der Waals surface area contributed by atoms with E-state index in [-0.39, 0.29) is 25.2 Å². The lowest BCUT2D eigenvalue weighted by molar-refractivity contribution is -0.135. The van der Waals surface area contributed by atoms with Gasteiger partial charge in [0.05, 0.1) is 23.7 Å². The van der Waals surface area contributed by atoms with Gasteiger partial charge < -0.3 is 31.8 Å². The molecule has 4 atom stereocenters. The molecular weight excluding hydrogens is 402 g/mol. The zero-order chi connectivity index (χ0) is 23.0. The van der Waals surface area contributed by atoms with Gasteiger partial charge in [0.2, 0.25) is 5.91 Å². The fraction of sp³-hybridized carbons (Fsp3) is 0.524. The number of carboxylic acid groups (broad SMARTS) is 1. The lowest BCUT2D eigenvalue weighted by Crippen LogP contribution is -2.52. The van der Waals surface area contributed by atoms with Gasteiger partial charge in [0.15, 0.2) is 5.96 Å². The van der Waals surface area contributed by atoms with Crippen molar-refractivity contribution in [3.63, 3.8) is 0 Å². The summed E-state index contributed by atoms with van der Waals surface area (Å²) in [5.74, 6) is -0.849. The highest BCUT2D eigenvalue weighted by Gasteiger charge is 2.39. The van der Waals surface area contributed by atoms with Crippen LogP contribution >= 0.6 is 0 Å². The largest absolute Gasteiger partial charge is 0.465 e. The number of aldehydes is 1. The lowest BCUT2D eigenvalue weighted by Gasteiger charge is -2.34. The van der Waals surface area contributed by atoms with E-state index in [9.17, 15) is 24.6 Å². The van der Waals surface area contributed by atoms with Crippen LogP contribution in [0.4, 0.5) is 4.79 Å². The number of amides is 2. The number of carbonyl (C=O) groups is 3. The third-order valence-electron chi connectivity index (χ3n) is 5.43. The second kappa shape index (κ2) is 10.9. The predicted molar refractivity (Wildman–Crippen MR) is 115 cm³/mol. The summed E-state index contributed by atoms with van der Waals surface area (Å²) >= 11 is 0. The van der Waals surface area contributed by atoms with Gasteiger partial charge >= 0.3 is 6.09 Å². The first-order valence-corrected chi connectivity index (χ1v) is 10.3. The lowest BCUT2D eigenvalue weighted by atomic mass is 9.80. The number of rotatable bonds is 10. The van der Waals surface area contributed by atoms with Crippen LogP contribution in [0.5, 0.6) is 0 Å². The summed E-state index contributed by atoms with van der Waals surface area (Å²) in [6, 6.07) is 7.17. The zero-order valence-electron chi connectivity index (χ0n) is 17.6. The number of benzene rings is 1. The Hall–Kier alpha value is -2.98. The summed E-state index contributed by atoms with van der Waals surface area (Å²) in [5.41, 5.74) is 11.0. The van der Waals surface area contributed by atoms with E-state index in [4.69, 9.17) is 11.5 Å². The molecule has 1 heterocycles. The fourth-order valence-electron chi connectivity index (χ4n) is 4.12. The Morgan fingerprint density at radius 2 is 2.03 bits per heavy atom. The maximum Gasteiger partial charge on any atom is 0.414 e. The number of guanidine groups is 1. The summed E-state index contributed by atoms with van der Waals surface area (Å²) in [7, 11) is 0. The van der Waals surface area contributed by atoms with Gasteiger partial charge in [-0.25, -0.2) is 14.7 Å². The minimum Gasteiger partial charge on any atom is -0.465 e. The van der Waals surface area contributed by atoms with Gasteiger partial charge in [-0.1, -0.05) is 30.3 Å². The maximum absolute atomic E-state index is 12.8. The molecule has 1 aromatic carbocycles. The Morgan fingerprint density at radius 1 is 1.35 bits per heavy atom. The van der Waals surface area contributed by atoms with Gasteiger partial charge in [0.25, 0.3) is 0 Å². The molecule has 7 N–H and O–H groups in total. The zero-order valence-corrected chi connectivity index (χ0v) is 17.6. The van der Waals surface area contributed by atoms with E-state index < -0.39 is 35.7 Å². The van der Waals surface area contributed by atoms with E-state index >= 15 is 0 Å². The number of aliphatic hydroxyl groups is 1. The molecule has 1 aliphatic heterocycles. The summed E-state index contributed by atoms with van der Waals surface area (Å²) in [5, 5.41) is 22.7. The molecule has 2 amide bonds. The van der Waals surface area contributed by atoms with Crippen molar-refractivity contribution in [2.45, 2.75) is 62.8 Å². The van der Waals surface area contributed by atoms with Gasteiger partial charge in [0, 0.05) is 6.42 Å². The Bertz CT molecular complexity index is 791. The van der Waals surface area contributed by atoms with E-state index in [0.29, 0.717) is 29.7 Å². The van der Waals surface area contributed by atoms with Crippen molar-refractivity contribution in [3.05, 3.63) is 35.9 Å². The minimum atomic E-state index is -1.49. The monoisotopic (exact) mass is 433 g/mol. The highest BCUT2D eigenvalue weighted by atomic mass is 16.4. The van der Waals surface area contributed by atoms with Crippen molar-refractivity contribution < 1.29 is 24.6 Å². The quantitative estimate of drug-likeness (QED) is 0.202. The summed E-state index contributed by atoms with van der Waals surface area (Å²) in [4.78, 5) is 41.4. The number of aliphatic hydroxyl groups excluding tert-OH is 1. The second-order valence-corrected chi connectivity index (χ2v) is 7.87. The van der Waals surface area contributed by atoms with Crippen LogP contribution in [0.1, 0.15) is 44.6 Å². The van der Waals surface area contributed by atoms with Crippen LogP contribution in [0.25, 0.3) is 0 Å². The van der Waals surface area contributed by atoms with Crippen molar-refractivity contribution >= 4 is 24.2 Å². The summed E-state index contributed by atoms with van der Waals surface area (Å²) in [6.45, 7) is 2.21. The molecule has 1 aliphatic rings. The van der Waals surface area contributed by atoms with Gasteiger partial charge in [-0.05, 0) is 44.7 Å². The van der Waals surface area contributed by atoms with Crippen molar-refractivity contribution in [2.24, 2.45) is 16.5 Å². The van der Waals surface area contributed by atoms with E-state index in [2.05, 4.69) is 10.3 Å². The highest BCUT2D eigenvalue weighted by molar-refractivity contribution is 5.97. The van der Waals surface area contributed by atoms with Crippen LogP contribution in [0.15, 0.2) is 35.3 Å². The highest BCUT2D eigenvalue weighted by Crippen LogP contribution is 2.37. The smallest absolute Gasteiger partial charge is 0.414 e. The number of hydrogen-bond acceptors (Lipinski definition) is 6. The van der Waals surface area contributed by atoms with Crippen LogP contribution in [-0.4, -0.2) is 64.1 Å². The number of nitrogens with one attached hydrogen (secondary N) is 1. The van der Waals surface area contributed by atoms with E-state index in [0.717, 1.165) is 6.42 Å². The maximum atomic E-state index is 12.8. The normalized spacial score (nSPS) is 19.6. The number of nitrogens with two attached hydrogens (primary N) is 2. The van der Waals surface area contributed by atoms with Gasteiger partial charge in [-0.2, -0.15) is 0 Å². The SMILES string of the molecule is CC(O)CC(CC[C@@H](C=O)N(C(=O)O)C(=O)[C@@H]1CCCN1)(N=C(N)N)c1ccccc1. The van der Waals surface area contributed by atoms with Crippen LogP contribution in [0.3, 0.4) is 0 Å². The molecule has 1 aromatic rings. The first-order chi connectivity index (χ1) is 14.7. The number of imide groups is 1. The first-order valence-electron chi connectivity index (χ1n) is 10.3. The summed E-state index contributed by atoms with van der Waals surface area (Å²) in [6.07, 6.45) is -0.272. The van der Waals surface area contributed by atoms with Crippen LogP contribution in [0.2, 0.25) is 0 Å². The first kappa shape index (κ1) is 24.3. The Labute approximate surface area is 181 Å². The average molecular weight is 434 g/mol. The van der Waals surface area contributed by atoms with Crippen molar-refractivity contribution in [3.8, 4) is 0 Å². The second-order valence-electron chi connectivity index (χ2n) is 7.87. The molecule has 0 aromatic heterocycles. The number of nitrogens with zero attached hydrogens (tertiary/aromatic N) is 2. The van der Waals surface area contributed by atoms with Crippen LogP contribution in [0, 0.1) is 0 Å². The van der Waals surface area contributed by atoms with E-state index in [1.165, 1.54) is 0 Å². The van der Waals surface area contributed by atoms with Gasteiger partial charge in [-0.15, -0.1) is 0 Å². The molecule has 10 heteroatoms. The molecule has 0 spiro atoms. The molecule has 170 valence electrons. The number of carbonyl (C=O) groups excluding carboxylic acids is 2. The molecule has 31 heavy (non-hydrogen) atoms. The molecule has 0 aliphatic carbocycles. The third-order valence-corrected chi connectivity index (χ3v) is 5.43. The Balaban J connectivity index is 2.36. The number of aliphatic imine (C=N–C) groups is 1.